The van der Waals surface area contributed by atoms with Crippen LogP contribution in [0.15, 0.2) is 0 Å². The molecule has 0 aromatic heterocycles. The van der Waals surface area contributed by atoms with Crippen LogP contribution in [0, 0.1) is 0 Å². The second-order valence-electron chi connectivity index (χ2n) is 3.46. The van der Waals surface area contributed by atoms with Gasteiger partial charge in [0.25, 0.3) is 0 Å². The number of thiocarbonyl (C=S) groups is 1. The van der Waals surface area contributed by atoms with E-state index in [1.54, 1.807) is 0 Å². The van der Waals surface area contributed by atoms with Crippen LogP contribution in [0.4, 0.5) is 0 Å². The largest absolute Gasteiger partial charge is 0.449 e. The molecule has 76 valence electrons. The van der Waals surface area contributed by atoms with Gasteiger partial charge >= 0.3 is 5.24 Å². The Hall–Kier alpha value is 0.0649. The Morgan fingerprint density at radius 3 is 3.00 bits per heavy atom. The molecule has 2 fully saturated rings. The van der Waals surface area contributed by atoms with Gasteiger partial charge in [0.2, 0.25) is 0 Å². The van der Waals surface area contributed by atoms with Crippen LogP contribution < -0.4 is 0 Å². The first-order chi connectivity index (χ1) is 6.70. The van der Waals surface area contributed by atoms with Crippen LogP contribution in [0.5, 0.6) is 0 Å². The maximum absolute atomic E-state index is 5.79. The third-order valence-corrected chi connectivity index (χ3v) is 2.92. The summed E-state index contributed by atoms with van der Waals surface area (Å²) in [7, 11) is 5.79. The van der Waals surface area contributed by atoms with Gasteiger partial charge in [0.15, 0.2) is 6.10 Å². The number of thiol groups is 1. The van der Waals surface area contributed by atoms with Crippen molar-refractivity contribution in [1.29, 1.82) is 0 Å². The highest BCUT2D eigenvalue weighted by molar-refractivity contribution is 7.80. The van der Waals surface area contributed by atoms with Crippen molar-refractivity contribution in [1.82, 2.24) is 0 Å². The molecule has 3 nitrogen and oxygen atoms in total. The molecule has 2 radical (unpaired) electrons. The summed E-state index contributed by atoms with van der Waals surface area (Å²) in [5.74, 6) is 0.778. The minimum Gasteiger partial charge on any atom is -0.449 e. The average molecular weight is 230 g/mol. The lowest BCUT2D eigenvalue weighted by molar-refractivity contribution is -0.0913. The Morgan fingerprint density at radius 2 is 2.29 bits per heavy atom. The van der Waals surface area contributed by atoms with Crippen molar-refractivity contribution < 1.29 is 14.2 Å². The zero-order valence-corrected chi connectivity index (χ0v) is 9.30. The van der Waals surface area contributed by atoms with Gasteiger partial charge in [-0.05, 0) is 12.2 Å². The van der Waals surface area contributed by atoms with Crippen LogP contribution in [0.1, 0.15) is 12.8 Å². The Balaban J connectivity index is 1.99. The van der Waals surface area contributed by atoms with Crippen LogP contribution in [0.2, 0.25) is 0 Å². The molecule has 6 heteroatoms. The van der Waals surface area contributed by atoms with Crippen molar-refractivity contribution in [2.45, 2.75) is 37.2 Å². The third kappa shape index (κ3) is 2.02. The maximum Gasteiger partial charge on any atom is 0.353 e. The number of hydrogen-bond donors (Lipinski definition) is 1. The molecule has 0 spiro atoms. The van der Waals surface area contributed by atoms with Gasteiger partial charge in [-0.1, -0.05) is 0 Å². The zero-order valence-electron chi connectivity index (χ0n) is 7.59. The van der Waals surface area contributed by atoms with E-state index in [4.69, 9.17) is 34.3 Å². The Morgan fingerprint density at radius 1 is 1.50 bits per heavy atom. The molecule has 0 bridgehead atoms. The molecule has 2 aliphatic heterocycles. The first-order valence-electron chi connectivity index (χ1n) is 4.60. The quantitative estimate of drug-likeness (QED) is 0.428. The third-order valence-electron chi connectivity index (χ3n) is 2.47. The van der Waals surface area contributed by atoms with E-state index < -0.39 is 6.00 Å². The highest BCUT2D eigenvalue weighted by atomic mass is 32.1. The van der Waals surface area contributed by atoms with Crippen molar-refractivity contribution in [2.75, 3.05) is 5.75 Å². The standard InChI is InChI=1S/C8H11BO3S2/c9-7-6-5(11-8(14)12-6)3-4(10-7)1-2-13/h4-7,13H,1-3H2. The molecule has 0 N–H and O–H groups in total. The van der Waals surface area contributed by atoms with Crippen LogP contribution in [0.3, 0.4) is 0 Å². The molecule has 2 aliphatic rings. The number of rotatable bonds is 2. The van der Waals surface area contributed by atoms with Crippen LogP contribution in [-0.4, -0.2) is 43.2 Å². The van der Waals surface area contributed by atoms with Gasteiger partial charge in [-0.25, -0.2) is 0 Å². The van der Waals surface area contributed by atoms with E-state index >= 15 is 0 Å². The molecule has 0 saturated carbocycles. The number of ether oxygens (including phenoxy) is 3. The fourth-order valence-electron chi connectivity index (χ4n) is 1.81. The van der Waals surface area contributed by atoms with Gasteiger partial charge in [0.1, 0.15) is 14.0 Å². The molecule has 4 unspecified atom stereocenters. The maximum atomic E-state index is 5.79. The van der Waals surface area contributed by atoms with E-state index in [1.165, 1.54) is 0 Å². The van der Waals surface area contributed by atoms with E-state index in [0.717, 1.165) is 18.6 Å². The summed E-state index contributed by atoms with van der Waals surface area (Å²) in [5.41, 5.74) is 0. The van der Waals surface area contributed by atoms with E-state index in [1.807, 2.05) is 0 Å². The Bertz CT molecular complexity index is 239. The summed E-state index contributed by atoms with van der Waals surface area (Å²) in [6, 6.07) is -0.445. The molecule has 2 saturated heterocycles. The van der Waals surface area contributed by atoms with Gasteiger partial charge in [-0.3, -0.25) is 0 Å². The predicted molar refractivity (Wildman–Crippen MR) is 59.8 cm³/mol. The second kappa shape index (κ2) is 4.29. The van der Waals surface area contributed by atoms with E-state index in [-0.39, 0.29) is 23.5 Å². The van der Waals surface area contributed by atoms with Crippen LogP contribution in [-0.2, 0) is 14.2 Å². The minimum atomic E-state index is -0.445. The van der Waals surface area contributed by atoms with Crippen molar-refractivity contribution >= 4 is 37.9 Å². The minimum absolute atomic E-state index is 0.0452. The van der Waals surface area contributed by atoms with Crippen molar-refractivity contribution in [3.8, 4) is 0 Å². The molecule has 0 aromatic rings. The topological polar surface area (TPSA) is 27.7 Å². The summed E-state index contributed by atoms with van der Waals surface area (Å²) < 4.78 is 16.1. The smallest absolute Gasteiger partial charge is 0.353 e. The van der Waals surface area contributed by atoms with Gasteiger partial charge in [0.05, 0.1) is 12.1 Å². The summed E-state index contributed by atoms with van der Waals surface area (Å²) in [5, 5.41) is 0.186. The van der Waals surface area contributed by atoms with Gasteiger partial charge in [-0.15, -0.1) is 0 Å². The monoisotopic (exact) mass is 230 g/mol. The summed E-state index contributed by atoms with van der Waals surface area (Å²) >= 11 is 8.98. The summed E-state index contributed by atoms with van der Waals surface area (Å²) in [6.07, 6.45) is 1.47. The number of hydrogen-bond acceptors (Lipinski definition) is 5. The highest BCUT2D eigenvalue weighted by Crippen LogP contribution is 2.30. The van der Waals surface area contributed by atoms with Crippen LogP contribution >= 0.6 is 24.8 Å². The van der Waals surface area contributed by atoms with E-state index in [2.05, 4.69) is 12.6 Å². The SMILES string of the molecule is [B]C1OC(CCS)CC2OC(=S)OC12. The lowest BCUT2D eigenvalue weighted by Crippen LogP contribution is -2.47. The second-order valence-corrected chi connectivity index (χ2v) is 4.24. The molecule has 2 rings (SSSR count). The summed E-state index contributed by atoms with van der Waals surface area (Å²) in [4.78, 5) is 0. The van der Waals surface area contributed by atoms with Crippen molar-refractivity contribution in [2.24, 2.45) is 0 Å². The Labute approximate surface area is 95.3 Å². The molecule has 2 heterocycles. The van der Waals surface area contributed by atoms with Crippen molar-refractivity contribution in [3.05, 3.63) is 0 Å². The normalized spacial score (nSPS) is 41.4. The van der Waals surface area contributed by atoms with Crippen LogP contribution in [0.25, 0.3) is 0 Å². The molecular formula is C8H11BO3S2. The lowest BCUT2D eigenvalue weighted by atomic mass is 9.85. The first kappa shape index (κ1) is 10.6. The van der Waals surface area contributed by atoms with Gasteiger partial charge in [0, 0.05) is 18.6 Å². The Kier molecular flexibility index (Phi) is 3.24. The highest BCUT2D eigenvalue weighted by Gasteiger charge is 2.44. The summed E-state index contributed by atoms with van der Waals surface area (Å²) in [6.45, 7) is 0. The molecular weight excluding hydrogens is 219 g/mol. The fourth-order valence-corrected chi connectivity index (χ4v) is 2.33. The molecule has 4 atom stereocenters. The zero-order chi connectivity index (χ0) is 10.1. The van der Waals surface area contributed by atoms with E-state index in [9.17, 15) is 0 Å². The fraction of sp³-hybridized carbons (Fsp3) is 0.875. The molecule has 0 amide bonds. The lowest BCUT2D eigenvalue weighted by Gasteiger charge is -2.34. The van der Waals surface area contributed by atoms with Gasteiger partial charge in [-0.2, -0.15) is 12.6 Å². The molecule has 14 heavy (non-hydrogen) atoms. The number of fused-ring (bicyclic) bond motifs is 1. The molecule has 0 aliphatic carbocycles. The van der Waals surface area contributed by atoms with Gasteiger partial charge < -0.3 is 14.2 Å². The van der Waals surface area contributed by atoms with E-state index in [0.29, 0.717) is 0 Å². The predicted octanol–water partition coefficient (Wildman–Crippen LogP) is 0.659. The molecule has 0 aromatic carbocycles. The average Bonchev–Trinajstić information content (AvgIpc) is 2.47. The van der Waals surface area contributed by atoms with Crippen molar-refractivity contribution in [3.63, 3.8) is 0 Å². The first-order valence-corrected chi connectivity index (χ1v) is 5.64.